The molecule has 0 N–H and O–H groups in total. The molecule has 13 rings (SSSR count). The van der Waals surface area contributed by atoms with Gasteiger partial charge in [-0.2, -0.15) is 29.0 Å². The van der Waals surface area contributed by atoms with E-state index in [2.05, 4.69) is 32.7 Å². The molecule has 14 heteroatoms. The van der Waals surface area contributed by atoms with Crippen LogP contribution >= 0.6 is 0 Å². The van der Waals surface area contributed by atoms with E-state index < -0.39 is 11.7 Å². The third-order valence-corrected chi connectivity index (χ3v) is 14.9. The number of aromatic nitrogens is 5. The molecule has 0 unspecified atom stereocenters. The first-order valence-electron chi connectivity index (χ1n) is 26.0. The Bertz CT molecular complexity index is 5080. The highest BCUT2D eigenvalue weighted by Gasteiger charge is 2.33. The smallest absolute Gasteiger partial charge is 0.309 e. The number of alkyl halides is 3. The molecular formula is C70H34F3N11. The molecule has 11 nitrogen and oxygen atoms in total. The molecule has 0 aliphatic heterocycles. The second-order valence-electron chi connectivity index (χ2n) is 19.6. The lowest BCUT2D eigenvalue weighted by Gasteiger charge is -2.21. The minimum Gasteiger partial charge on any atom is -0.309 e. The van der Waals surface area contributed by atoms with Crippen LogP contribution in [0, 0.1) is 53.7 Å². The molecule has 0 aliphatic carbocycles. The van der Waals surface area contributed by atoms with Crippen molar-refractivity contribution in [3.63, 3.8) is 0 Å². The lowest BCUT2D eigenvalue weighted by Crippen LogP contribution is -2.08. The SMILES string of the molecule is [C-]#[N+]c1cc(C#N)c(-c2ccc3c(c2)c2ccccc2n3-c2ccc(C(F)(F)F)cc2-c2ccc(-c3nc(-c4ccccc4)nc(-c4ccccc4)n3)cc2-n2c3ccccc3c3cc(-c4c([N+]#[C-])cc(C#N)cc4[N+]#[C-])ccc32)c(C#N)c1. The van der Waals surface area contributed by atoms with Crippen LogP contribution in [0.5, 0.6) is 0 Å². The second kappa shape index (κ2) is 20.3. The Morgan fingerprint density at radius 2 is 0.869 bits per heavy atom. The van der Waals surface area contributed by atoms with Crippen LogP contribution in [-0.4, -0.2) is 24.1 Å². The standard InChI is InChI=1S/C70H34F3N11/c1-77-50-32-47(39-75)65(48(33-50)40-76)44-23-27-61-54(34-44)51-18-10-12-20-59(51)83(61)63-29-25-49(70(71,72)73)37-56(63)53-26-22-46(69-81-67(42-14-6-4-7-15-42)80-68(82-69)43-16-8-5-9-17-43)36-64(53)84-60-21-13-11-19-52(60)55-35-45(24-28-62(55)84)66-57(78-2)30-41(38-74)31-58(66)79-3/h4-37H. The zero-order valence-corrected chi connectivity index (χ0v) is 43.7. The van der Waals surface area contributed by atoms with Crippen molar-refractivity contribution < 1.29 is 13.2 Å². The van der Waals surface area contributed by atoms with Gasteiger partial charge in [-0.3, -0.25) is 0 Å². The number of rotatable bonds is 8. The minimum absolute atomic E-state index is 0.132. The summed E-state index contributed by atoms with van der Waals surface area (Å²) >= 11 is 0. The molecule has 13 aromatic rings. The number of fused-ring (bicyclic) bond motifs is 6. The van der Waals surface area contributed by atoms with E-state index in [0.29, 0.717) is 95.1 Å². The molecule has 0 aliphatic rings. The molecule has 3 aromatic heterocycles. The van der Waals surface area contributed by atoms with Gasteiger partial charge in [0.2, 0.25) is 0 Å². The predicted molar refractivity (Wildman–Crippen MR) is 319 cm³/mol. The average molecular weight is 1090 g/mol. The van der Waals surface area contributed by atoms with E-state index in [1.54, 1.807) is 24.3 Å². The summed E-state index contributed by atoms with van der Waals surface area (Å²) in [4.78, 5) is 26.0. The highest BCUT2D eigenvalue weighted by molar-refractivity contribution is 6.13. The molecule has 84 heavy (non-hydrogen) atoms. The van der Waals surface area contributed by atoms with Gasteiger partial charge >= 0.3 is 6.18 Å². The molecule has 10 aromatic carbocycles. The summed E-state index contributed by atoms with van der Waals surface area (Å²) in [5.74, 6) is 1.10. The molecule has 0 saturated carbocycles. The van der Waals surface area contributed by atoms with Gasteiger partial charge in [-0.05, 0) is 102 Å². The first-order chi connectivity index (χ1) is 41.0. The fraction of sp³-hybridized carbons (Fsp3) is 0.0143. The quantitative estimate of drug-likeness (QED) is 0.139. The van der Waals surface area contributed by atoms with Gasteiger partial charge in [0.1, 0.15) is 0 Å². The third kappa shape index (κ3) is 8.54. The number of hydrogen-bond donors (Lipinski definition) is 0. The summed E-state index contributed by atoms with van der Waals surface area (Å²) in [6, 6.07) is 66.5. The van der Waals surface area contributed by atoms with Crippen LogP contribution in [0.3, 0.4) is 0 Å². The zero-order valence-electron chi connectivity index (χ0n) is 43.7. The van der Waals surface area contributed by atoms with E-state index in [9.17, 15) is 15.8 Å². The molecular weight excluding hydrogens is 1050 g/mol. The van der Waals surface area contributed by atoms with Crippen molar-refractivity contribution in [1.29, 1.82) is 15.8 Å². The maximum absolute atomic E-state index is 15.5. The first kappa shape index (κ1) is 51.0. The average Bonchev–Trinajstić information content (AvgIpc) is 2.02. The van der Waals surface area contributed by atoms with Crippen LogP contribution in [0.4, 0.5) is 30.2 Å². The number of nitrogens with zero attached hydrogens (tertiary/aromatic N) is 11. The molecule has 3 heterocycles. The Hall–Kier alpha value is -12.5. The monoisotopic (exact) mass is 1090 g/mol. The van der Waals surface area contributed by atoms with E-state index in [1.165, 1.54) is 36.4 Å². The van der Waals surface area contributed by atoms with E-state index in [4.69, 9.17) is 34.7 Å². The van der Waals surface area contributed by atoms with Crippen molar-refractivity contribution in [3.05, 3.63) is 263 Å². The van der Waals surface area contributed by atoms with Crippen molar-refractivity contribution in [2.24, 2.45) is 0 Å². The van der Waals surface area contributed by atoms with Gasteiger partial charge in [-0.25, -0.2) is 29.5 Å². The van der Waals surface area contributed by atoms with Crippen LogP contribution in [0.1, 0.15) is 22.3 Å². The van der Waals surface area contributed by atoms with Crippen LogP contribution in [0.25, 0.3) is 137 Å². The van der Waals surface area contributed by atoms with E-state index in [-0.39, 0.29) is 39.3 Å². The zero-order chi connectivity index (χ0) is 57.8. The summed E-state index contributed by atoms with van der Waals surface area (Å²) in [5, 5.41) is 33.3. The number of benzene rings is 10. The predicted octanol–water partition coefficient (Wildman–Crippen LogP) is 18.4. The van der Waals surface area contributed by atoms with Crippen LogP contribution in [-0.2, 0) is 6.18 Å². The Labute approximate surface area is 477 Å². The number of nitriles is 3. The minimum atomic E-state index is -4.78. The van der Waals surface area contributed by atoms with E-state index in [0.717, 1.165) is 28.0 Å². The van der Waals surface area contributed by atoms with Crippen molar-refractivity contribution in [1.82, 2.24) is 24.1 Å². The van der Waals surface area contributed by atoms with Crippen LogP contribution in [0.2, 0.25) is 0 Å². The molecule has 0 fully saturated rings. The van der Waals surface area contributed by atoms with Gasteiger partial charge in [0.25, 0.3) is 0 Å². The molecule has 390 valence electrons. The van der Waals surface area contributed by atoms with Crippen LogP contribution < -0.4 is 0 Å². The van der Waals surface area contributed by atoms with Crippen molar-refractivity contribution in [2.75, 3.05) is 0 Å². The maximum Gasteiger partial charge on any atom is 0.416 e. The van der Waals surface area contributed by atoms with E-state index >= 15 is 13.2 Å². The van der Waals surface area contributed by atoms with Crippen LogP contribution in [0.15, 0.2) is 206 Å². The third-order valence-electron chi connectivity index (χ3n) is 14.9. The summed E-state index contributed by atoms with van der Waals surface area (Å²) in [5.41, 5.74) is 7.82. The number of halogens is 3. The van der Waals surface area contributed by atoms with Gasteiger partial charge in [0.05, 0.1) is 88.1 Å². The van der Waals surface area contributed by atoms with Gasteiger partial charge < -0.3 is 9.13 Å². The maximum atomic E-state index is 15.5. The molecule has 0 amide bonds. The van der Waals surface area contributed by atoms with Gasteiger partial charge in [0.15, 0.2) is 34.5 Å². The van der Waals surface area contributed by atoms with E-state index in [1.807, 2.05) is 149 Å². The normalized spacial score (nSPS) is 11.2. The second-order valence-corrected chi connectivity index (χ2v) is 19.6. The Balaban J connectivity index is 1.12. The van der Waals surface area contributed by atoms with Crippen molar-refractivity contribution in [3.8, 4) is 97.1 Å². The molecule has 0 saturated heterocycles. The van der Waals surface area contributed by atoms with Crippen molar-refractivity contribution >= 4 is 60.7 Å². The van der Waals surface area contributed by atoms with Crippen molar-refractivity contribution in [2.45, 2.75) is 6.18 Å². The fourth-order valence-corrected chi connectivity index (χ4v) is 11.2. The number of para-hydroxylation sites is 2. The number of hydrogen-bond acceptors (Lipinski definition) is 6. The Morgan fingerprint density at radius 1 is 0.393 bits per heavy atom. The molecule has 0 radical (unpaired) electrons. The molecule has 0 bridgehead atoms. The summed E-state index contributed by atoms with van der Waals surface area (Å²) < 4.78 is 50.3. The molecule has 0 spiro atoms. The first-order valence-corrected chi connectivity index (χ1v) is 26.0. The lowest BCUT2D eigenvalue weighted by molar-refractivity contribution is -0.137. The highest BCUT2D eigenvalue weighted by atomic mass is 19.4. The van der Waals surface area contributed by atoms with Gasteiger partial charge in [-0.15, -0.1) is 0 Å². The van der Waals surface area contributed by atoms with Gasteiger partial charge in [0, 0.05) is 60.5 Å². The summed E-state index contributed by atoms with van der Waals surface area (Å²) in [6.07, 6.45) is -4.78. The largest absolute Gasteiger partial charge is 0.416 e. The highest BCUT2D eigenvalue weighted by Crippen LogP contribution is 2.47. The topological polar surface area (TPSA) is 133 Å². The fourth-order valence-electron chi connectivity index (χ4n) is 11.2. The Kier molecular flexibility index (Phi) is 12.3. The lowest BCUT2D eigenvalue weighted by atomic mass is 9.93. The summed E-state index contributed by atoms with van der Waals surface area (Å²) in [7, 11) is 0. The molecule has 0 atom stereocenters. The Morgan fingerprint density at radius 3 is 1.37 bits per heavy atom. The van der Waals surface area contributed by atoms with Gasteiger partial charge in [-0.1, -0.05) is 121 Å². The summed E-state index contributed by atoms with van der Waals surface area (Å²) in [6.45, 7) is 23.8.